The van der Waals surface area contributed by atoms with Crippen molar-refractivity contribution in [2.24, 2.45) is 40.4 Å². The van der Waals surface area contributed by atoms with E-state index in [2.05, 4.69) is 157 Å². The summed E-state index contributed by atoms with van der Waals surface area (Å²) in [5.74, 6) is 3.29. The van der Waals surface area contributed by atoms with Gasteiger partial charge in [-0.3, -0.25) is 19.3 Å². The van der Waals surface area contributed by atoms with Gasteiger partial charge < -0.3 is 74.3 Å². The quantitative estimate of drug-likeness (QED) is 0.0370. The molecule has 5 saturated heterocycles. The van der Waals surface area contributed by atoms with Crippen LogP contribution in [0.3, 0.4) is 0 Å². The van der Waals surface area contributed by atoms with Gasteiger partial charge in [-0.2, -0.15) is 0 Å². The van der Waals surface area contributed by atoms with Crippen LogP contribution in [0.1, 0.15) is 186 Å². The topological polar surface area (TPSA) is 329 Å². The predicted molar refractivity (Wildman–Crippen MR) is 464 cm³/mol. The number of amides is 7. The van der Waals surface area contributed by atoms with E-state index in [0.717, 1.165) is 196 Å². The SMILES string of the molecule is COC(=O)N[C@H](C(=O)N1[C@@H]2CC[C@@H](C2)[C@H]1c1ncc(-c2ccc(-c3ccc4cc(-c5cnc([C@@H]6CC7(CC7)CN6C(=O)OC(C)(C)C)[nH]5)ccc4c3)cc2)[nH]1)C(C)C.COC(=O)N[C@H](C(=O)N1[C@@H]2CC[C@@H](C2)[C@H]1c1ncc(-c2ccc(-c3ccc4cc(-c5cnc([C@@H]6CC7(CC7)CN6C(=O)[C@@H](NC(=O)OC)C6CCOCC6)[nH]5)ccc4c3)cc2)[nH]1)C(C)C. The number of nitrogens with one attached hydrogen (secondary N) is 7. The molecule has 10 aromatic rings. The van der Waals surface area contributed by atoms with Gasteiger partial charge in [-0.25, -0.2) is 39.1 Å². The molecule has 4 saturated carbocycles. The van der Waals surface area contributed by atoms with E-state index in [1.54, 1.807) is 0 Å². The Labute approximate surface area is 715 Å². The van der Waals surface area contributed by atoms with Crippen LogP contribution in [0.5, 0.6) is 0 Å². The van der Waals surface area contributed by atoms with Crippen LogP contribution < -0.4 is 16.0 Å². The number of hydrogen-bond acceptors (Lipinski definition) is 16. The molecule has 6 aromatic carbocycles. The van der Waals surface area contributed by atoms with Gasteiger partial charge in [0.05, 0.1) is 93.1 Å². The number of alkyl carbamates (subject to hydrolysis) is 3. The van der Waals surface area contributed by atoms with Crippen LogP contribution in [0.2, 0.25) is 0 Å². The first kappa shape index (κ1) is 82.1. The standard InChI is InChI=1S/C50H58N8O7.C46H53N7O5/c1-28(2)41(55-48(61)63-3)47(60)58-37-14-13-36(23-37)43(58)45-52-25-38(54-45)30-7-5-29(6-8-30)32-9-10-34-22-35(12-11-33(34)21-32)39-26-51-44(53-39)40-24-50(17-18-50)27-57(40)46(59)42(56-49(62)64-4)31-15-19-65-20-16-31;1-26(2)38(51-43(55)57-6)42(54)53-34-16-15-33(21-34)39(53)41-48-23-35(50-41)28-9-7-27(8-10-28)29-11-12-31-20-32(14-13-30(31)19-29)36-24-47-40(49-36)37-22-46(17-18-46)25-52(37)44(56)58-45(3,4)5/h5-12,21-22,25-26,28,31,36-37,40-43H,13-20,23-24,27H2,1-4H3,(H,51,53)(H,52,54)(H,55,61)(H,56,62);7-14,19-20,23-24,26,33-34,37-39H,15-18,21-22,25H2,1-6H3,(H,47,49)(H,48,50)(H,51,55)/t36-,37+,40-,41-,42-,43-;33-,34+,37-,38-,39-/m00/s1. The molecule has 27 heteroatoms. The van der Waals surface area contributed by atoms with Crippen LogP contribution in [-0.4, -0.2) is 185 Å². The molecule has 7 amide bonds. The number of carbonyl (C=O) groups excluding carboxylic acids is 7. The summed E-state index contributed by atoms with van der Waals surface area (Å²) in [4.78, 5) is 133. The molecule has 11 atom stereocenters. The van der Waals surface area contributed by atoms with Crippen molar-refractivity contribution in [2.45, 2.75) is 198 Å². The van der Waals surface area contributed by atoms with Gasteiger partial charge in [0.25, 0.3) is 0 Å². The number of imidazole rings is 4. The Bertz CT molecular complexity index is 5650. The summed E-state index contributed by atoms with van der Waals surface area (Å²) in [5, 5.41) is 12.9. The van der Waals surface area contributed by atoms with Gasteiger partial charge in [0, 0.05) is 49.5 Å². The van der Waals surface area contributed by atoms with Gasteiger partial charge in [0.2, 0.25) is 17.7 Å². The molecule has 9 heterocycles. The molecule has 4 aromatic heterocycles. The molecule has 4 aliphatic carbocycles. The van der Waals surface area contributed by atoms with Crippen molar-refractivity contribution in [2.75, 3.05) is 47.6 Å². The Balaban J connectivity index is 0.000000169. The first-order chi connectivity index (χ1) is 59.3. The summed E-state index contributed by atoms with van der Waals surface area (Å²) in [7, 11) is 3.95. The molecular formula is C96H111N15O12. The average molecular weight is 1670 g/mol. The molecular weight excluding hydrogens is 1560 g/mol. The summed E-state index contributed by atoms with van der Waals surface area (Å²) < 4.78 is 26.0. The predicted octanol–water partition coefficient (Wildman–Crippen LogP) is 17.1. The highest BCUT2D eigenvalue weighted by Crippen LogP contribution is 2.60. The number of rotatable bonds is 19. The molecule has 19 rings (SSSR count). The number of carbonyl (C=O) groups is 7. The van der Waals surface area contributed by atoms with E-state index < -0.39 is 42.0 Å². The highest BCUT2D eigenvalue weighted by atomic mass is 16.6. The zero-order valence-corrected chi connectivity index (χ0v) is 71.6. The highest BCUT2D eigenvalue weighted by Gasteiger charge is 2.58. The highest BCUT2D eigenvalue weighted by molar-refractivity contribution is 5.93. The van der Waals surface area contributed by atoms with Gasteiger partial charge in [-0.1, -0.05) is 125 Å². The average Bonchev–Trinajstić information content (AvgIpc) is 1.43. The Morgan fingerprint density at radius 3 is 1.20 bits per heavy atom. The fourth-order valence-corrected chi connectivity index (χ4v) is 20.7. The fraction of sp³-hybridized carbons (Fsp3) is 0.469. The molecule has 5 aliphatic heterocycles. The van der Waals surface area contributed by atoms with Crippen LogP contribution >= 0.6 is 0 Å². The number of benzene rings is 6. The Hall–Kier alpha value is -11.9. The fourth-order valence-electron chi connectivity index (χ4n) is 20.7. The zero-order chi connectivity index (χ0) is 85.5. The lowest BCUT2D eigenvalue weighted by Crippen LogP contribution is -2.54. The molecule has 0 radical (unpaired) electrons. The number of likely N-dealkylation sites (tertiary alicyclic amines) is 4. The monoisotopic (exact) mass is 1670 g/mol. The van der Waals surface area contributed by atoms with E-state index >= 15 is 0 Å². The second-order valence-electron chi connectivity index (χ2n) is 37.6. The van der Waals surface area contributed by atoms with Crippen molar-refractivity contribution in [1.82, 2.24) is 75.4 Å². The van der Waals surface area contributed by atoms with E-state index in [1.165, 1.54) is 21.3 Å². The molecule has 27 nitrogen and oxygen atoms in total. The van der Waals surface area contributed by atoms with Crippen LogP contribution in [0.15, 0.2) is 146 Å². The molecule has 4 bridgehead atoms. The number of methoxy groups -OCH3 is 3. The summed E-state index contributed by atoms with van der Waals surface area (Å²) in [6.07, 6.45) is 18.8. The van der Waals surface area contributed by atoms with E-state index in [0.29, 0.717) is 44.4 Å². The van der Waals surface area contributed by atoms with Gasteiger partial charge in [0.1, 0.15) is 47.0 Å². The zero-order valence-electron chi connectivity index (χ0n) is 71.6. The molecule has 642 valence electrons. The molecule has 123 heavy (non-hydrogen) atoms. The van der Waals surface area contributed by atoms with Gasteiger partial charge in [0.15, 0.2) is 0 Å². The van der Waals surface area contributed by atoms with Gasteiger partial charge >= 0.3 is 24.4 Å². The summed E-state index contributed by atoms with van der Waals surface area (Å²) in [5.41, 5.74) is 11.8. The summed E-state index contributed by atoms with van der Waals surface area (Å²) in [6, 6.07) is 40.3. The van der Waals surface area contributed by atoms with Crippen LogP contribution in [-0.2, 0) is 38.1 Å². The third kappa shape index (κ3) is 16.5. The molecule has 7 N–H and O–H groups in total. The lowest BCUT2D eigenvalue weighted by atomic mass is 9.90. The van der Waals surface area contributed by atoms with Crippen molar-refractivity contribution in [1.29, 1.82) is 0 Å². The molecule has 9 aliphatic rings. The second kappa shape index (κ2) is 33.1. The van der Waals surface area contributed by atoms with E-state index in [1.807, 2.05) is 92.9 Å². The number of H-pyrrole nitrogens is 4. The van der Waals surface area contributed by atoms with Crippen molar-refractivity contribution in [3.05, 3.63) is 169 Å². The van der Waals surface area contributed by atoms with E-state index in [4.69, 9.17) is 43.6 Å². The largest absolute Gasteiger partial charge is 0.453 e. The van der Waals surface area contributed by atoms with Crippen LogP contribution in [0.4, 0.5) is 19.2 Å². The third-order valence-corrected chi connectivity index (χ3v) is 27.7. The first-order valence-electron chi connectivity index (χ1n) is 43.8. The Kier molecular flexibility index (Phi) is 22.1. The maximum atomic E-state index is 14.3. The molecule has 2 spiro atoms. The summed E-state index contributed by atoms with van der Waals surface area (Å²) in [6.45, 7) is 16.0. The van der Waals surface area contributed by atoms with Crippen molar-refractivity contribution in [3.63, 3.8) is 0 Å². The van der Waals surface area contributed by atoms with E-state index in [9.17, 15) is 33.6 Å². The number of hydrogen-bond donors (Lipinski definition) is 7. The van der Waals surface area contributed by atoms with Gasteiger partial charge in [-0.05, 0) is 230 Å². The third-order valence-electron chi connectivity index (χ3n) is 27.7. The van der Waals surface area contributed by atoms with Crippen molar-refractivity contribution >= 4 is 63.6 Å². The van der Waals surface area contributed by atoms with Crippen molar-refractivity contribution < 1.29 is 57.2 Å². The van der Waals surface area contributed by atoms with Crippen LogP contribution in [0, 0.1) is 40.4 Å². The normalized spacial score (nSPS) is 22.9. The Morgan fingerprint density at radius 2 is 0.797 bits per heavy atom. The minimum atomic E-state index is -0.684. The number of aromatic nitrogens is 8. The number of aromatic amines is 4. The molecule has 0 unspecified atom stereocenters. The second-order valence-corrected chi connectivity index (χ2v) is 37.6. The maximum Gasteiger partial charge on any atom is 0.410 e. The first-order valence-corrected chi connectivity index (χ1v) is 43.8. The lowest BCUT2D eigenvalue weighted by molar-refractivity contribution is -0.140. The van der Waals surface area contributed by atoms with Crippen LogP contribution in [0.25, 0.3) is 88.8 Å². The minimum Gasteiger partial charge on any atom is -0.453 e. The smallest absolute Gasteiger partial charge is 0.410 e. The van der Waals surface area contributed by atoms with Gasteiger partial charge in [-0.15, -0.1) is 0 Å². The number of piperidine rings is 2. The molecule has 9 fully saturated rings. The van der Waals surface area contributed by atoms with Crippen molar-refractivity contribution in [3.8, 4) is 67.3 Å². The number of ether oxygens (including phenoxy) is 5. The summed E-state index contributed by atoms with van der Waals surface area (Å²) >= 11 is 0. The lowest BCUT2D eigenvalue weighted by Gasteiger charge is -2.37. The number of nitrogens with zero attached hydrogens (tertiary/aromatic N) is 8. The minimum absolute atomic E-state index is 0.0273. The maximum absolute atomic E-state index is 14.3. The Morgan fingerprint density at radius 1 is 0.439 bits per heavy atom. The number of fused-ring (bicyclic) bond motifs is 6. The van der Waals surface area contributed by atoms with E-state index in [-0.39, 0.29) is 88.6 Å².